The van der Waals surface area contributed by atoms with Gasteiger partial charge in [0.05, 0.1) is 6.61 Å². The fraction of sp³-hybridized carbons (Fsp3) is 0.273. The Morgan fingerprint density at radius 2 is 1.94 bits per heavy atom. The normalized spacial score (nSPS) is 9.65. The Kier molecular flexibility index (Phi) is 5.53. The number of amides is 1. The van der Waals surface area contributed by atoms with Crippen molar-refractivity contribution in [3.05, 3.63) is 30.3 Å². The number of hydrogen-bond acceptors (Lipinski definition) is 4. The van der Waals surface area contributed by atoms with Gasteiger partial charge >= 0.3 is 12.1 Å². The molecule has 0 saturated heterocycles. The molecule has 2 N–H and O–H groups in total. The van der Waals surface area contributed by atoms with Crippen LogP contribution < -0.4 is 10.1 Å². The van der Waals surface area contributed by atoms with E-state index < -0.39 is 12.1 Å². The monoisotopic (exact) mass is 239 g/mol. The summed E-state index contributed by atoms with van der Waals surface area (Å²) in [5.41, 5.74) is 0. The van der Waals surface area contributed by atoms with Gasteiger partial charge < -0.3 is 19.9 Å². The fourth-order valence-electron chi connectivity index (χ4n) is 1.02. The van der Waals surface area contributed by atoms with Crippen molar-refractivity contribution in [1.82, 2.24) is 5.32 Å². The van der Waals surface area contributed by atoms with Crippen LogP contribution in [0.2, 0.25) is 0 Å². The Hall–Kier alpha value is -2.08. The molecule has 1 amide bonds. The maximum Gasteiger partial charge on any atom is 0.412 e. The molecule has 0 saturated carbocycles. The van der Waals surface area contributed by atoms with E-state index in [1.54, 1.807) is 24.3 Å². The molecule has 0 aromatic heterocycles. The number of aliphatic carboxylic acids is 1. The second-order valence-electron chi connectivity index (χ2n) is 3.08. The van der Waals surface area contributed by atoms with Crippen molar-refractivity contribution in [1.29, 1.82) is 0 Å². The summed E-state index contributed by atoms with van der Waals surface area (Å²) in [5.74, 6) is -0.603. The highest BCUT2D eigenvalue weighted by molar-refractivity contribution is 5.70. The van der Waals surface area contributed by atoms with E-state index in [9.17, 15) is 9.59 Å². The number of para-hydroxylation sites is 1. The molecule has 92 valence electrons. The topological polar surface area (TPSA) is 84.9 Å². The molecular formula is C11H13NO5. The van der Waals surface area contributed by atoms with Crippen LogP contribution in [0.15, 0.2) is 30.3 Å². The molecule has 6 heteroatoms. The van der Waals surface area contributed by atoms with E-state index in [1.165, 1.54) is 0 Å². The molecule has 0 spiro atoms. The number of benzene rings is 1. The van der Waals surface area contributed by atoms with Crippen molar-refractivity contribution >= 4 is 12.1 Å². The molecule has 1 aromatic carbocycles. The quantitative estimate of drug-likeness (QED) is 0.720. The molecular weight excluding hydrogens is 226 g/mol. The van der Waals surface area contributed by atoms with E-state index in [0.717, 1.165) is 0 Å². The SMILES string of the molecule is O=C(O)COCCNC(=O)Oc1ccccc1. The molecule has 0 unspecified atom stereocenters. The molecule has 0 atom stereocenters. The highest BCUT2D eigenvalue weighted by Crippen LogP contribution is 2.07. The van der Waals surface area contributed by atoms with Crippen LogP contribution in [0.3, 0.4) is 0 Å². The van der Waals surface area contributed by atoms with E-state index in [0.29, 0.717) is 5.75 Å². The predicted molar refractivity (Wildman–Crippen MR) is 58.9 cm³/mol. The third-order valence-corrected chi connectivity index (χ3v) is 1.70. The van der Waals surface area contributed by atoms with Crippen LogP contribution in [0.4, 0.5) is 4.79 Å². The molecule has 0 heterocycles. The van der Waals surface area contributed by atoms with Gasteiger partial charge in [0, 0.05) is 6.54 Å². The van der Waals surface area contributed by atoms with Crippen LogP contribution in [-0.4, -0.2) is 36.9 Å². The third-order valence-electron chi connectivity index (χ3n) is 1.70. The van der Waals surface area contributed by atoms with Crippen LogP contribution >= 0.6 is 0 Å². The minimum Gasteiger partial charge on any atom is -0.480 e. The van der Waals surface area contributed by atoms with Crippen LogP contribution in [-0.2, 0) is 9.53 Å². The molecule has 17 heavy (non-hydrogen) atoms. The Morgan fingerprint density at radius 1 is 1.24 bits per heavy atom. The number of rotatable bonds is 6. The zero-order valence-electron chi connectivity index (χ0n) is 9.09. The Balaban J connectivity index is 2.12. The first-order valence-electron chi connectivity index (χ1n) is 4.99. The lowest BCUT2D eigenvalue weighted by molar-refractivity contribution is -0.142. The summed E-state index contributed by atoms with van der Waals surface area (Å²) in [6.07, 6.45) is -0.602. The molecule has 0 bridgehead atoms. The molecule has 1 rings (SSSR count). The van der Waals surface area contributed by atoms with Gasteiger partial charge in [-0.1, -0.05) is 18.2 Å². The Bertz CT molecular complexity index is 365. The van der Waals surface area contributed by atoms with Gasteiger partial charge in [-0.2, -0.15) is 0 Å². The van der Waals surface area contributed by atoms with E-state index in [4.69, 9.17) is 14.6 Å². The van der Waals surface area contributed by atoms with Crippen LogP contribution in [0.1, 0.15) is 0 Å². The van der Waals surface area contributed by atoms with Crippen molar-refractivity contribution in [2.75, 3.05) is 19.8 Å². The summed E-state index contributed by atoms with van der Waals surface area (Å²) in [7, 11) is 0. The van der Waals surface area contributed by atoms with Gasteiger partial charge in [-0.3, -0.25) is 0 Å². The molecule has 0 fully saturated rings. The number of carboxylic acids is 1. The molecule has 0 radical (unpaired) electrons. The van der Waals surface area contributed by atoms with Crippen molar-refractivity contribution in [2.45, 2.75) is 0 Å². The highest BCUT2D eigenvalue weighted by Gasteiger charge is 2.02. The van der Waals surface area contributed by atoms with Gasteiger partial charge in [-0.25, -0.2) is 9.59 Å². The lowest BCUT2D eigenvalue weighted by Gasteiger charge is -2.06. The molecule has 0 aliphatic heterocycles. The highest BCUT2D eigenvalue weighted by atomic mass is 16.6. The van der Waals surface area contributed by atoms with Crippen LogP contribution in [0.5, 0.6) is 5.75 Å². The Morgan fingerprint density at radius 3 is 2.59 bits per heavy atom. The van der Waals surface area contributed by atoms with Crippen LogP contribution in [0, 0.1) is 0 Å². The van der Waals surface area contributed by atoms with Gasteiger partial charge in [0.15, 0.2) is 0 Å². The van der Waals surface area contributed by atoms with Crippen molar-refractivity contribution < 1.29 is 24.2 Å². The lowest BCUT2D eigenvalue weighted by atomic mass is 10.3. The van der Waals surface area contributed by atoms with E-state index >= 15 is 0 Å². The maximum absolute atomic E-state index is 11.2. The summed E-state index contributed by atoms with van der Waals surface area (Å²) < 4.78 is 9.65. The molecule has 1 aromatic rings. The molecule has 0 aliphatic rings. The first kappa shape index (κ1) is 13.0. The number of carbonyl (C=O) groups is 2. The largest absolute Gasteiger partial charge is 0.480 e. The summed E-state index contributed by atoms with van der Waals surface area (Å²) in [4.78, 5) is 21.3. The van der Waals surface area contributed by atoms with Crippen molar-refractivity contribution in [3.63, 3.8) is 0 Å². The number of hydrogen-bond donors (Lipinski definition) is 2. The summed E-state index contributed by atoms with van der Waals surface area (Å²) in [6, 6.07) is 8.61. The number of carbonyl (C=O) groups excluding carboxylic acids is 1. The number of nitrogens with one attached hydrogen (secondary N) is 1. The van der Waals surface area contributed by atoms with Gasteiger partial charge in [0.25, 0.3) is 0 Å². The minimum atomic E-state index is -1.04. The molecule has 0 aliphatic carbocycles. The van der Waals surface area contributed by atoms with E-state index in [-0.39, 0.29) is 19.8 Å². The zero-order valence-corrected chi connectivity index (χ0v) is 9.09. The smallest absolute Gasteiger partial charge is 0.412 e. The fourth-order valence-corrected chi connectivity index (χ4v) is 1.02. The minimum absolute atomic E-state index is 0.121. The first-order chi connectivity index (χ1) is 8.18. The average molecular weight is 239 g/mol. The predicted octanol–water partition coefficient (Wildman–Crippen LogP) is 0.876. The number of ether oxygens (including phenoxy) is 2. The first-order valence-corrected chi connectivity index (χ1v) is 4.99. The van der Waals surface area contributed by atoms with E-state index in [2.05, 4.69) is 5.32 Å². The summed E-state index contributed by atoms with van der Waals surface area (Å²) in [6.45, 7) is -0.0649. The number of carboxylic acid groups (broad SMARTS) is 1. The van der Waals surface area contributed by atoms with Gasteiger partial charge in [-0.15, -0.1) is 0 Å². The maximum atomic E-state index is 11.2. The van der Waals surface area contributed by atoms with Crippen molar-refractivity contribution in [2.24, 2.45) is 0 Å². The Labute approximate surface area is 98.2 Å². The van der Waals surface area contributed by atoms with Crippen molar-refractivity contribution in [3.8, 4) is 5.75 Å². The zero-order chi connectivity index (χ0) is 12.5. The summed E-state index contributed by atoms with van der Waals surface area (Å²) in [5, 5.41) is 10.7. The lowest BCUT2D eigenvalue weighted by Crippen LogP contribution is -2.30. The second-order valence-corrected chi connectivity index (χ2v) is 3.08. The van der Waals surface area contributed by atoms with Gasteiger partial charge in [0.2, 0.25) is 0 Å². The third kappa shape index (κ3) is 6.16. The van der Waals surface area contributed by atoms with Crippen LogP contribution in [0.25, 0.3) is 0 Å². The van der Waals surface area contributed by atoms with Gasteiger partial charge in [-0.05, 0) is 12.1 Å². The average Bonchev–Trinajstić information content (AvgIpc) is 2.29. The second kappa shape index (κ2) is 7.24. The summed E-state index contributed by atoms with van der Waals surface area (Å²) >= 11 is 0. The molecule has 6 nitrogen and oxygen atoms in total. The standard InChI is InChI=1S/C11H13NO5/c13-10(14)8-16-7-6-12-11(15)17-9-4-2-1-3-5-9/h1-5H,6-8H2,(H,12,15)(H,13,14). The van der Waals surface area contributed by atoms with E-state index in [1.807, 2.05) is 6.07 Å². The van der Waals surface area contributed by atoms with Gasteiger partial charge in [0.1, 0.15) is 12.4 Å².